The van der Waals surface area contributed by atoms with Crippen LogP contribution in [-0.2, 0) is 11.3 Å². The van der Waals surface area contributed by atoms with Crippen LogP contribution in [0.4, 0.5) is 5.69 Å². The fraction of sp³-hybridized carbons (Fsp3) is 0.250. The summed E-state index contributed by atoms with van der Waals surface area (Å²) in [6, 6.07) is 14.7. The first-order valence-corrected chi connectivity index (χ1v) is 9.89. The van der Waals surface area contributed by atoms with E-state index in [4.69, 9.17) is 14.2 Å². The summed E-state index contributed by atoms with van der Waals surface area (Å²) in [5.41, 5.74) is 2.07. The van der Waals surface area contributed by atoms with E-state index in [1.165, 1.54) is 6.92 Å². The molecule has 0 unspecified atom stereocenters. The van der Waals surface area contributed by atoms with Crippen molar-refractivity contribution in [3.63, 3.8) is 0 Å². The summed E-state index contributed by atoms with van der Waals surface area (Å²) in [5, 5.41) is 1.78. The van der Waals surface area contributed by atoms with E-state index in [0.717, 1.165) is 22.8 Å². The van der Waals surface area contributed by atoms with Crippen molar-refractivity contribution < 1.29 is 23.8 Å². The molecule has 30 heavy (non-hydrogen) atoms. The Balaban J connectivity index is 1.81. The van der Waals surface area contributed by atoms with Crippen LogP contribution in [0.5, 0.6) is 17.2 Å². The van der Waals surface area contributed by atoms with Crippen molar-refractivity contribution in [1.29, 1.82) is 0 Å². The average molecular weight is 405 g/mol. The molecule has 3 aromatic carbocycles. The maximum Gasteiger partial charge on any atom is 0.308 e. The second kappa shape index (κ2) is 8.06. The van der Waals surface area contributed by atoms with Gasteiger partial charge in [-0.2, -0.15) is 0 Å². The Morgan fingerprint density at radius 2 is 1.70 bits per heavy atom. The fourth-order valence-electron chi connectivity index (χ4n) is 3.82. The van der Waals surface area contributed by atoms with Crippen LogP contribution >= 0.6 is 0 Å². The Kier molecular flexibility index (Phi) is 5.31. The number of nitrogens with zero attached hydrogens (tertiary/aromatic N) is 1. The summed E-state index contributed by atoms with van der Waals surface area (Å²) in [6.07, 6.45) is 0.838. The molecular formula is C24H23NO5. The van der Waals surface area contributed by atoms with Crippen LogP contribution in [0.2, 0.25) is 0 Å². The normalized spacial score (nSPS) is 12.8. The highest BCUT2D eigenvalue weighted by Crippen LogP contribution is 2.46. The number of anilines is 1. The van der Waals surface area contributed by atoms with Crippen LogP contribution in [0.25, 0.3) is 10.8 Å². The first-order chi connectivity index (χ1) is 14.5. The molecule has 0 saturated heterocycles. The number of methoxy groups -OCH3 is 1. The van der Waals surface area contributed by atoms with E-state index in [2.05, 4.69) is 0 Å². The van der Waals surface area contributed by atoms with E-state index in [0.29, 0.717) is 41.7 Å². The largest absolute Gasteiger partial charge is 0.496 e. The van der Waals surface area contributed by atoms with E-state index in [-0.39, 0.29) is 11.9 Å². The number of esters is 1. The quantitative estimate of drug-likeness (QED) is 0.438. The smallest absolute Gasteiger partial charge is 0.308 e. The number of amides is 1. The SMILES string of the molecule is CCCOc1c2c(c(OC)c3ccccc13)CN(c1ccc(OC(C)=O)cc1)C2=O. The molecule has 0 fully saturated rings. The molecule has 6 heteroatoms. The molecule has 0 atom stereocenters. The van der Waals surface area contributed by atoms with Crippen molar-refractivity contribution in [3.8, 4) is 17.2 Å². The van der Waals surface area contributed by atoms with Gasteiger partial charge in [0.05, 0.1) is 25.8 Å². The lowest BCUT2D eigenvalue weighted by atomic mass is 9.99. The highest BCUT2D eigenvalue weighted by atomic mass is 16.5. The van der Waals surface area contributed by atoms with Crippen molar-refractivity contribution in [3.05, 3.63) is 59.7 Å². The zero-order valence-electron chi connectivity index (χ0n) is 17.2. The van der Waals surface area contributed by atoms with E-state index < -0.39 is 0 Å². The Bertz CT molecular complexity index is 1120. The lowest BCUT2D eigenvalue weighted by Crippen LogP contribution is -2.23. The van der Waals surface area contributed by atoms with E-state index in [1.807, 2.05) is 31.2 Å². The third-order valence-electron chi connectivity index (χ3n) is 5.06. The fourth-order valence-corrected chi connectivity index (χ4v) is 3.82. The Morgan fingerprint density at radius 1 is 1.03 bits per heavy atom. The second-order valence-corrected chi connectivity index (χ2v) is 7.09. The van der Waals surface area contributed by atoms with E-state index >= 15 is 0 Å². The molecule has 0 aliphatic carbocycles. The molecule has 0 saturated carbocycles. The first kappa shape index (κ1) is 19.8. The van der Waals surface area contributed by atoms with Crippen LogP contribution in [0.1, 0.15) is 36.2 Å². The molecule has 1 aliphatic rings. The number of fused-ring (bicyclic) bond motifs is 2. The van der Waals surface area contributed by atoms with Gasteiger partial charge in [-0.05, 0) is 30.7 Å². The van der Waals surface area contributed by atoms with Gasteiger partial charge in [-0.25, -0.2) is 0 Å². The lowest BCUT2D eigenvalue weighted by Gasteiger charge is -2.16. The van der Waals surface area contributed by atoms with E-state index in [9.17, 15) is 9.59 Å². The zero-order valence-corrected chi connectivity index (χ0v) is 17.2. The van der Waals surface area contributed by atoms with Gasteiger partial charge in [-0.15, -0.1) is 0 Å². The summed E-state index contributed by atoms with van der Waals surface area (Å²) in [4.78, 5) is 26.3. The number of carbonyl (C=O) groups is 2. The van der Waals surface area contributed by atoms with Crippen molar-refractivity contribution in [2.24, 2.45) is 0 Å². The second-order valence-electron chi connectivity index (χ2n) is 7.09. The topological polar surface area (TPSA) is 65.1 Å². The van der Waals surface area contributed by atoms with Gasteiger partial charge >= 0.3 is 5.97 Å². The predicted molar refractivity (Wildman–Crippen MR) is 115 cm³/mol. The molecule has 0 radical (unpaired) electrons. The van der Waals surface area contributed by atoms with Gasteiger partial charge in [0.1, 0.15) is 17.2 Å². The van der Waals surface area contributed by atoms with Crippen LogP contribution < -0.4 is 19.1 Å². The Labute approximate surface area is 175 Å². The van der Waals surface area contributed by atoms with Crippen LogP contribution in [-0.4, -0.2) is 25.6 Å². The maximum absolute atomic E-state index is 13.5. The average Bonchev–Trinajstić information content (AvgIpc) is 3.08. The van der Waals surface area contributed by atoms with Gasteiger partial charge in [0, 0.05) is 28.9 Å². The zero-order chi connectivity index (χ0) is 21.3. The summed E-state index contributed by atoms with van der Waals surface area (Å²) in [7, 11) is 1.62. The Morgan fingerprint density at radius 3 is 2.30 bits per heavy atom. The van der Waals surface area contributed by atoms with Crippen LogP contribution in [0, 0.1) is 0 Å². The van der Waals surface area contributed by atoms with Gasteiger partial charge in [0.2, 0.25) is 0 Å². The monoisotopic (exact) mass is 405 g/mol. The van der Waals surface area contributed by atoms with Crippen molar-refractivity contribution in [2.45, 2.75) is 26.8 Å². The predicted octanol–water partition coefficient (Wildman–Crippen LogP) is 4.72. The van der Waals surface area contributed by atoms with Gasteiger partial charge < -0.3 is 19.1 Å². The number of ether oxygens (including phenoxy) is 3. The molecule has 154 valence electrons. The molecule has 0 N–H and O–H groups in total. The summed E-state index contributed by atoms with van der Waals surface area (Å²) >= 11 is 0. The third kappa shape index (κ3) is 3.34. The number of benzene rings is 3. The number of hydrogen-bond acceptors (Lipinski definition) is 5. The van der Waals surface area contributed by atoms with Gasteiger partial charge in [-0.1, -0.05) is 31.2 Å². The molecule has 1 amide bonds. The van der Waals surface area contributed by atoms with Gasteiger partial charge in [-0.3, -0.25) is 9.59 Å². The van der Waals surface area contributed by atoms with Crippen LogP contribution in [0.15, 0.2) is 48.5 Å². The molecule has 0 spiro atoms. The lowest BCUT2D eigenvalue weighted by molar-refractivity contribution is -0.131. The summed E-state index contributed by atoms with van der Waals surface area (Å²) in [5.74, 6) is 1.21. The molecule has 0 bridgehead atoms. The number of rotatable bonds is 6. The summed E-state index contributed by atoms with van der Waals surface area (Å²) < 4.78 is 16.9. The highest BCUT2D eigenvalue weighted by molar-refractivity contribution is 6.16. The van der Waals surface area contributed by atoms with Crippen molar-refractivity contribution in [2.75, 3.05) is 18.6 Å². The molecule has 6 nitrogen and oxygen atoms in total. The minimum atomic E-state index is -0.387. The molecular weight excluding hydrogens is 382 g/mol. The molecule has 1 aliphatic heterocycles. The number of hydrogen-bond donors (Lipinski definition) is 0. The molecule has 4 rings (SSSR count). The first-order valence-electron chi connectivity index (χ1n) is 9.89. The van der Waals surface area contributed by atoms with Gasteiger partial charge in [0.15, 0.2) is 0 Å². The van der Waals surface area contributed by atoms with Crippen molar-refractivity contribution in [1.82, 2.24) is 0 Å². The van der Waals surface area contributed by atoms with Crippen LogP contribution in [0.3, 0.4) is 0 Å². The Hall–Kier alpha value is -3.54. The minimum Gasteiger partial charge on any atom is -0.496 e. The third-order valence-corrected chi connectivity index (χ3v) is 5.06. The maximum atomic E-state index is 13.5. The highest BCUT2D eigenvalue weighted by Gasteiger charge is 2.36. The standard InChI is InChI=1S/C24H23NO5/c1-4-13-29-23-19-8-6-5-7-18(19)22(28-3)20-14-25(24(27)21(20)23)16-9-11-17(12-10-16)30-15(2)26/h5-12H,4,13-14H2,1-3H3. The van der Waals surface area contributed by atoms with E-state index in [1.54, 1.807) is 36.3 Å². The molecule has 3 aromatic rings. The van der Waals surface area contributed by atoms with Crippen molar-refractivity contribution >= 4 is 28.3 Å². The molecule has 0 aromatic heterocycles. The summed E-state index contributed by atoms with van der Waals surface area (Å²) in [6.45, 7) is 4.28. The van der Waals surface area contributed by atoms with Gasteiger partial charge in [0.25, 0.3) is 5.91 Å². The minimum absolute atomic E-state index is 0.139. The number of carbonyl (C=O) groups excluding carboxylic acids is 2. The molecule has 1 heterocycles.